The van der Waals surface area contributed by atoms with Crippen molar-refractivity contribution in [1.82, 2.24) is 10.5 Å². The first-order valence-corrected chi connectivity index (χ1v) is 6.26. The number of carbonyl (C=O) groups excluding carboxylic acids is 1. The van der Waals surface area contributed by atoms with Crippen LogP contribution < -0.4 is 5.32 Å². The molecule has 0 unspecified atom stereocenters. The van der Waals surface area contributed by atoms with Crippen LogP contribution in [0.25, 0.3) is 0 Å². The summed E-state index contributed by atoms with van der Waals surface area (Å²) >= 11 is 4.95. The van der Waals surface area contributed by atoms with Gasteiger partial charge in [-0.05, 0) is 28.9 Å². The zero-order chi connectivity index (χ0) is 11.5. The van der Waals surface area contributed by atoms with Gasteiger partial charge in [-0.2, -0.15) is 0 Å². The lowest BCUT2D eigenvalue weighted by molar-refractivity contribution is 0.0950. The van der Waals surface area contributed by atoms with E-state index in [2.05, 4.69) is 26.4 Å². The number of aryl methyl sites for hydroxylation is 1. The van der Waals surface area contributed by atoms with Crippen LogP contribution in [0.4, 0.5) is 0 Å². The van der Waals surface area contributed by atoms with Crippen molar-refractivity contribution in [2.45, 2.75) is 13.5 Å². The number of nitrogens with zero attached hydrogens (tertiary/aromatic N) is 1. The SMILES string of the molecule is Cc1oncc1C(=O)NCc1cc(Br)cs1. The molecule has 84 valence electrons. The first-order chi connectivity index (χ1) is 7.66. The van der Waals surface area contributed by atoms with Gasteiger partial charge in [0.15, 0.2) is 0 Å². The molecule has 2 aromatic heterocycles. The third kappa shape index (κ3) is 2.51. The lowest BCUT2D eigenvalue weighted by atomic mass is 10.2. The van der Waals surface area contributed by atoms with Crippen LogP contribution in [0.1, 0.15) is 21.0 Å². The molecule has 0 bridgehead atoms. The Labute approximate surface area is 105 Å². The lowest BCUT2D eigenvalue weighted by Crippen LogP contribution is -2.22. The van der Waals surface area contributed by atoms with Gasteiger partial charge in [0.25, 0.3) is 5.91 Å². The molecule has 1 N–H and O–H groups in total. The molecule has 6 heteroatoms. The average molecular weight is 301 g/mol. The minimum absolute atomic E-state index is 0.164. The molecule has 0 aliphatic rings. The quantitative estimate of drug-likeness (QED) is 0.948. The number of nitrogens with one attached hydrogen (secondary N) is 1. The Balaban J connectivity index is 1.96. The van der Waals surface area contributed by atoms with Crippen LogP contribution in [-0.2, 0) is 6.54 Å². The second-order valence-electron chi connectivity index (χ2n) is 3.21. The first-order valence-electron chi connectivity index (χ1n) is 4.59. The van der Waals surface area contributed by atoms with E-state index in [1.807, 2.05) is 11.4 Å². The molecular weight excluding hydrogens is 292 g/mol. The molecule has 2 heterocycles. The van der Waals surface area contributed by atoms with Crippen LogP contribution in [0.15, 0.2) is 26.6 Å². The normalized spacial score (nSPS) is 10.4. The van der Waals surface area contributed by atoms with E-state index in [9.17, 15) is 4.79 Å². The summed E-state index contributed by atoms with van der Waals surface area (Å²) in [6.45, 7) is 2.23. The molecule has 0 aliphatic heterocycles. The number of rotatable bonds is 3. The van der Waals surface area contributed by atoms with Crippen LogP contribution >= 0.6 is 27.3 Å². The topological polar surface area (TPSA) is 55.1 Å². The number of hydrogen-bond acceptors (Lipinski definition) is 4. The fraction of sp³-hybridized carbons (Fsp3) is 0.200. The minimum Gasteiger partial charge on any atom is -0.361 e. The maximum Gasteiger partial charge on any atom is 0.256 e. The number of halogens is 1. The molecule has 2 aromatic rings. The van der Waals surface area contributed by atoms with Gasteiger partial charge < -0.3 is 9.84 Å². The van der Waals surface area contributed by atoms with Gasteiger partial charge in [-0.3, -0.25) is 4.79 Å². The van der Waals surface area contributed by atoms with Crippen molar-refractivity contribution in [3.8, 4) is 0 Å². The summed E-state index contributed by atoms with van der Waals surface area (Å²) in [5, 5.41) is 8.35. The standard InChI is InChI=1S/C10H9BrN2O2S/c1-6-9(4-13-15-6)10(14)12-3-8-2-7(11)5-16-8/h2,4-5H,3H2,1H3,(H,12,14). The Kier molecular flexibility index (Phi) is 3.40. The van der Waals surface area contributed by atoms with Crippen molar-refractivity contribution in [2.75, 3.05) is 0 Å². The summed E-state index contributed by atoms with van der Waals surface area (Å²) in [6, 6.07) is 1.98. The molecule has 0 aromatic carbocycles. The third-order valence-corrected chi connectivity index (χ3v) is 3.74. The molecule has 4 nitrogen and oxygen atoms in total. The van der Waals surface area contributed by atoms with Crippen LogP contribution in [-0.4, -0.2) is 11.1 Å². The molecule has 0 aliphatic carbocycles. The Morgan fingerprint density at radius 1 is 1.69 bits per heavy atom. The number of amides is 1. The van der Waals surface area contributed by atoms with Crippen molar-refractivity contribution in [1.29, 1.82) is 0 Å². The molecule has 0 spiro atoms. The second kappa shape index (κ2) is 4.80. The van der Waals surface area contributed by atoms with E-state index < -0.39 is 0 Å². The highest BCUT2D eigenvalue weighted by atomic mass is 79.9. The maximum atomic E-state index is 11.7. The van der Waals surface area contributed by atoms with Gasteiger partial charge in [0, 0.05) is 14.7 Å². The van der Waals surface area contributed by atoms with Crippen molar-refractivity contribution < 1.29 is 9.32 Å². The van der Waals surface area contributed by atoms with E-state index in [0.717, 1.165) is 9.35 Å². The zero-order valence-electron chi connectivity index (χ0n) is 8.49. The molecule has 16 heavy (non-hydrogen) atoms. The molecule has 0 saturated carbocycles. The van der Waals surface area contributed by atoms with Crippen molar-refractivity contribution in [3.63, 3.8) is 0 Å². The molecular formula is C10H9BrN2O2S. The van der Waals surface area contributed by atoms with E-state index in [1.54, 1.807) is 18.3 Å². The number of thiophene rings is 1. The predicted octanol–water partition coefficient (Wildman–Crippen LogP) is 2.74. The molecule has 0 fully saturated rings. The lowest BCUT2D eigenvalue weighted by Gasteiger charge is -2.00. The van der Waals surface area contributed by atoms with Gasteiger partial charge in [0.2, 0.25) is 0 Å². The maximum absolute atomic E-state index is 11.7. The van der Waals surface area contributed by atoms with Gasteiger partial charge in [0.1, 0.15) is 11.3 Å². The highest BCUT2D eigenvalue weighted by molar-refractivity contribution is 9.10. The molecule has 2 rings (SSSR count). The summed E-state index contributed by atoms with van der Waals surface area (Å²) in [6.07, 6.45) is 1.43. The predicted molar refractivity (Wildman–Crippen MR) is 64.4 cm³/mol. The van der Waals surface area contributed by atoms with E-state index in [4.69, 9.17) is 4.52 Å². The fourth-order valence-corrected chi connectivity index (χ4v) is 2.62. The Bertz CT molecular complexity index is 506. The third-order valence-electron chi connectivity index (χ3n) is 2.04. The van der Waals surface area contributed by atoms with Gasteiger partial charge in [-0.15, -0.1) is 11.3 Å². The van der Waals surface area contributed by atoms with Crippen LogP contribution in [0.2, 0.25) is 0 Å². The highest BCUT2D eigenvalue weighted by Gasteiger charge is 2.12. The molecule has 1 amide bonds. The van der Waals surface area contributed by atoms with Gasteiger partial charge in [-0.1, -0.05) is 5.16 Å². The van der Waals surface area contributed by atoms with Gasteiger partial charge in [-0.25, -0.2) is 0 Å². The molecule has 0 radical (unpaired) electrons. The first kappa shape index (κ1) is 11.3. The van der Waals surface area contributed by atoms with Crippen molar-refractivity contribution >= 4 is 33.2 Å². The average Bonchev–Trinajstić information content (AvgIpc) is 2.84. The van der Waals surface area contributed by atoms with Crippen LogP contribution in [0.5, 0.6) is 0 Å². The van der Waals surface area contributed by atoms with E-state index in [1.165, 1.54) is 6.20 Å². The molecule has 0 atom stereocenters. The number of hydrogen-bond donors (Lipinski definition) is 1. The van der Waals surface area contributed by atoms with Crippen LogP contribution in [0, 0.1) is 6.92 Å². The summed E-state index contributed by atoms with van der Waals surface area (Å²) in [5.74, 6) is 0.369. The van der Waals surface area contributed by atoms with E-state index in [0.29, 0.717) is 17.9 Å². The van der Waals surface area contributed by atoms with E-state index >= 15 is 0 Å². The Morgan fingerprint density at radius 3 is 3.06 bits per heavy atom. The summed E-state index contributed by atoms with van der Waals surface area (Å²) in [5.41, 5.74) is 0.482. The fourth-order valence-electron chi connectivity index (χ4n) is 1.23. The Hall–Kier alpha value is -1.14. The highest BCUT2D eigenvalue weighted by Crippen LogP contribution is 2.19. The number of aromatic nitrogens is 1. The van der Waals surface area contributed by atoms with Crippen LogP contribution in [0.3, 0.4) is 0 Å². The minimum atomic E-state index is -0.164. The summed E-state index contributed by atoms with van der Waals surface area (Å²) in [7, 11) is 0. The second-order valence-corrected chi connectivity index (χ2v) is 5.12. The Morgan fingerprint density at radius 2 is 2.50 bits per heavy atom. The molecule has 0 saturated heterocycles. The van der Waals surface area contributed by atoms with E-state index in [-0.39, 0.29) is 5.91 Å². The largest absolute Gasteiger partial charge is 0.361 e. The smallest absolute Gasteiger partial charge is 0.256 e. The summed E-state index contributed by atoms with van der Waals surface area (Å²) < 4.78 is 5.86. The van der Waals surface area contributed by atoms with Gasteiger partial charge >= 0.3 is 0 Å². The monoisotopic (exact) mass is 300 g/mol. The van der Waals surface area contributed by atoms with Gasteiger partial charge in [0.05, 0.1) is 12.7 Å². The summed E-state index contributed by atoms with van der Waals surface area (Å²) in [4.78, 5) is 12.8. The van der Waals surface area contributed by atoms with Crippen molar-refractivity contribution in [3.05, 3.63) is 38.3 Å². The van der Waals surface area contributed by atoms with Crippen molar-refractivity contribution in [2.24, 2.45) is 0 Å². The number of carbonyl (C=O) groups is 1. The zero-order valence-corrected chi connectivity index (χ0v) is 10.9.